The Balaban J connectivity index is 1.92. The first kappa shape index (κ1) is 19.4. The molecule has 1 heterocycles. The van der Waals surface area contributed by atoms with E-state index in [2.05, 4.69) is 19.1 Å². The highest BCUT2D eigenvalue weighted by molar-refractivity contribution is 5.83. The highest BCUT2D eigenvalue weighted by Crippen LogP contribution is 2.32. The first-order valence-electron chi connectivity index (χ1n) is 9.91. The molecule has 0 aromatic carbocycles. The molecule has 0 amide bonds. The fourth-order valence-electron chi connectivity index (χ4n) is 3.75. The van der Waals surface area contributed by atoms with Crippen LogP contribution in [0.2, 0.25) is 0 Å². The summed E-state index contributed by atoms with van der Waals surface area (Å²) in [6.45, 7) is 5.00. The third-order valence-electron chi connectivity index (χ3n) is 5.71. The van der Waals surface area contributed by atoms with E-state index in [1.165, 1.54) is 12.8 Å². The summed E-state index contributed by atoms with van der Waals surface area (Å²) < 4.78 is 5.43. The smallest absolute Gasteiger partial charge is 0.136 e. The van der Waals surface area contributed by atoms with E-state index in [4.69, 9.17) is 4.74 Å². The predicted molar refractivity (Wildman–Crippen MR) is 96.9 cm³/mol. The molecule has 0 aromatic rings. The van der Waals surface area contributed by atoms with Crippen LogP contribution in [0.5, 0.6) is 0 Å². The molecule has 24 heavy (non-hydrogen) atoms. The van der Waals surface area contributed by atoms with Gasteiger partial charge in [-0.2, -0.15) is 0 Å². The van der Waals surface area contributed by atoms with Crippen molar-refractivity contribution in [2.45, 2.75) is 84.2 Å². The normalized spacial score (nSPS) is 33.8. The van der Waals surface area contributed by atoms with E-state index in [-0.39, 0.29) is 17.9 Å². The molecule has 0 N–H and O–H groups in total. The average Bonchev–Trinajstić information content (AvgIpc) is 3.39. The number of carbonyl (C=O) groups excluding carboxylic acids is 2. The molecule has 0 bridgehead atoms. The largest absolute Gasteiger partial charge is 0.373 e. The Hall–Kier alpha value is -0.960. The van der Waals surface area contributed by atoms with Crippen molar-refractivity contribution in [1.82, 2.24) is 0 Å². The molecule has 4 unspecified atom stereocenters. The topological polar surface area (TPSA) is 46.7 Å². The molecule has 1 aliphatic carbocycles. The first-order valence-corrected chi connectivity index (χ1v) is 9.91. The molecule has 2 rings (SSSR count). The number of Topliss-reactive ketones (excluding diaryl/α,β-unsaturated/α-hetero) is 2. The zero-order chi connectivity index (χ0) is 17.4. The SMILES string of the molecule is CC1CC/C=C/CCCCCC(C(C)C2CO2)C(=O)CCCC1=O. The lowest BCUT2D eigenvalue weighted by Crippen LogP contribution is -2.26. The van der Waals surface area contributed by atoms with Crippen molar-refractivity contribution in [3.8, 4) is 0 Å². The standard InChI is InChI=1S/C21H34O3/c1-16-11-8-6-4-3-5-7-9-12-18(17(2)21-15-24-21)20(23)14-10-13-19(16)22/h4,6,16-18,21H,3,5,7-15H2,1-2H3/b6-4+. The molecule has 0 radical (unpaired) electrons. The number of hydrogen-bond donors (Lipinski definition) is 0. The van der Waals surface area contributed by atoms with E-state index in [1.807, 2.05) is 6.92 Å². The van der Waals surface area contributed by atoms with Crippen LogP contribution in [0, 0.1) is 17.8 Å². The zero-order valence-electron chi connectivity index (χ0n) is 15.5. The Labute approximate surface area is 147 Å². The van der Waals surface area contributed by atoms with E-state index in [0.29, 0.717) is 36.7 Å². The van der Waals surface area contributed by atoms with Crippen LogP contribution in [0.4, 0.5) is 0 Å². The van der Waals surface area contributed by atoms with Gasteiger partial charge in [-0.3, -0.25) is 9.59 Å². The fraction of sp³-hybridized carbons (Fsp3) is 0.810. The van der Waals surface area contributed by atoms with Gasteiger partial charge in [-0.15, -0.1) is 0 Å². The van der Waals surface area contributed by atoms with Crippen molar-refractivity contribution < 1.29 is 14.3 Å². The molecule has 3 nitrogen and oxygen atoms in total. The van der Waals surface area contributed by atoms with E-state index >= 15 is 0 Å². The van der Waals surface area contributed by atoms with E-state index in [1.54, 1.807) is 0 Å². The Morgan fingerprint density at radius 1 is 0.958 bits per heavy atom. The summed E-state index contributed by atoms with van der Waals surface area (Å²) in [4.78, 5) is 24.9. The van der Waals surface area contributed by atoms with Gasteiger partial charge in [-0.25, -0.2) is 0 Å². The van der Waals surface area contributed by atoms with Gasteiger partial charge >= 0.3 is 0 Å². The second-order valence-electron chi connectivity index (χ2n) is 7.71. The Morgan fingerprint density at radius 3 is 2.42 bits per heavy atom. The van der Waals surface area contributed by atoms with Crippen molar-refractivity contribution in [3.63, 3.8) is 0 Å². The van der Waals surface area contributed by atoms with Gasteiger partial charge in [-0.1, -0.05) is 38.8 Å². The maximum atomic E-state index is 12.7. The summed E-state index contributed by atoms with van der Waals surface area (Å²) in [5.41, 5.74) is 0. The van der Waals surface area contributed by atoms with Crippen molar-refractivity contribution in [1.29, 1.82) is 0 Å². The van der Waals surface area contributed by atoms with Crippen molar-refractivity contribution >= 4 is 11.6 Å². The van der Waals surface area contributed by atoms with Gasteiger partial charge in [-0.05, 0) is 44.4 Å². The van der Waals surface area contributed by atoms with Crippen LogP contribution in [0.1, 0.15) is 78.1 Å². The Kier molecular flexibility index (Phi) is 8.17. The fourth-order valence-corrected chi connectivity index (χ4v) is 3.75. The molecule has 0 saturated carbocycles. The van der Waals surface area contributed by atoms with Crippen LogP contribution in [-0.4, -0.2) is 24.3 Å². The number of ether oxygens (including phenoxy) is 1. The molecular weight excluding hydrogens is 300 g/mol. The molecule has 4 atom stereocenters. The molecule has 0 spiro atoms. The number of allylic oxidation sites excluding steroid dienone is 2. The Bertz CT molecular complexity index is 436. The van der Waals surface area contributed by atoms with Gasteiger partial charge in [0, 0.05) is 24.7 Å². The van der Waals surface area contributed by atoms with Crippen molar-refractivity contribution in [2.75, 3.05) is 6.61 Å². The molecule has 1 saturated heterocycles. The minimum absolute atomic E-state index is 0.118. The monoisotopic (exact) mass is 334 g/mol. The number of epoxide rings is 1. The lowest BCUT2D eigenvalue weighted by Gasteiger charge is -2.22. The summed E-state index contributed by atoms with van der Waals surface area (Å²) in [5, 5.41) is 0. The maximum absolute atomic E-state index is 12.7. The highest BCUT2D eigenvalue weighted by atomic mass is 16.6. The molecular formula is C21H34O3. The second kappa shape index (κ2) is 10.1. The van der Waals surface area contributed by atoms with Gasteiger partial charge in [0.15, 0.2) is 0 Å². The minimum atomic E-state index is 0.118. The number of ketones is 2. The average molecular weight is 335 g/mol. The Morgan fingerprint density at radius 2 is 1.67 bits per heavy atom. The van der Waals surface area contributed by atoms with Crippen molar-refractivity contribution in [3.05, 3.63) is 12.2 Å². The van der Waals surface area contributed by atoms with Crippen LogP contribution in [0.25, 0.3) is 0 Å². The second-order valence-corrected chi connectivity index (χ2v) is 7.71. The van der Waals surface area contributed by atoms with Crippen LogP contribution in [-0.2, 0) is 14.3 Å². The van der Waals surface area contributed by atoms with E-state index < -0.39 is 0 Å². The predicted octanol–water partition coefficient (Wildman–Crippen LogP) is 4.88. The number of rotatable bonds is 2. The molecule has 3 heteroatoms. The number of carbonyl (C=O) groups is 2. The molecule has 1 fully saturated rings. The van der Waals surface area contributed by atoms with E-state index in [0.717, 1.165) is 38.7 Å². The lowest BCUT2D eigenvalue weighted by atomic mass is 9.81. The van der Waals surface area contributed by atoms with Crippen LogP contribution in [0.15, 0.2) is 12.2 Å². The summed E-state index contributed by atoms with van der Waals surface area (Å²) in [5.74, 6) is 1.23. The van der Waals surface area contributed by atoms with Crippen LogP contribution >= 0.6 is 0 Å². The van der Waals surface area contributed by atoms with Crippen LogP contribution < -0.4 is 0 Å². The van der Waals surface area contributed by atoms with Gasteiger partial charge in [0.1, 0.15) is 11.6 Å². The third-order valence-corrected chi connectivity index (χ3v) is 5.71. The van der Waals surface area contributed by atoms with E-state index in [9.17, 15) is 9.59 Å². The van der Waals surface area contributed by atoms with Gasteiger partial charge in [0.2, 0.25) is 0 Å². The molecule has 2 aliphatic rings. The summed E-state index contributed by atoms with van der Waals surface area (Å²) in [7, 11) is 0. The zero-order valence-corrected chi connectivity index (χ0v) is 15.5. The summed E-state index contributed by atoms with van der Waals surface area (Å²) in [6.07, 6.45) is 14.1. The van der Waals surface area contributed by atoms with Gasteiger partial charge in [0.25, 0.3) is 0 Å². The minimum Gasteiger partial charge on any atom is -0.373 e. The first-order chi connectivity index (χ1) is 11.6. The maximum Gasteiger partial charge on any atom is 0.136 e. The summed E-state index contributed by atoms with van der Waals surface area (Å²) >= 11 is 0. The third kappa shape index (κ3) is 6.51. The lowest BCUT2D eigenvalue weighted by molar-refractivity contribution is -0.125. The summed E-state index contributed by atoms with van der Waals surface area (Å²) in [6, 6.07) is 0. The molecule has 1 aliphatic heterocycles. The van der Waals surface area contributed by atoms with Crippen molar-refractivity contribution in [2.24, 2.45) is 17.8 Å². The van der Waals surface area contributed by atoms with Gasteiger partial charge in [0.05, 0.1) is 12.7 Å². The number of hydrogen-bond acceptors (Lipinski definition) is 3. The van der Waals surface area contributed by atoms with Gasteiger partial charge < -0.3 is 4.74 Å². The highest BCUT2D eigenvalue weighted by Gasteiger charge is 2.37. The molecule has 136 valence electrons. The van der Waals surface area contributed by atoms with Crippen LogP contribution in [0.3, 0.4) is 0 Å². The molecule has 0 aromatic heterocycles. The quantitative estimate of drug-likeness (QED) is 0.534.